The molecule has 0 saturated heterocycles. The van der Waals surface area contributed by atoms with Gasteiger partial charge in [0.15, 0.2) is 5.82 Å². The van der Waals surface area contributed by atoms with E-state index in [4.69, 9.17) is 14.2 Å². The molecule has 0 saturated carbocycles. The molecule has 11 nitrogen and oxygen atoms in total. The molecule has 3 N–H and O–H groups in total. The lowest BCUT2D eigenvalue weighted by Crippen LogP contribution is -2.17. The van der Waals surface area contributed by atoms with E-state index < -0.39 is 18.9 Å². The fourth-order valence-electron chi connectivity index (χ4n) is 4.56. The van der Waals surface area contributed by atoms with Gasteiger partial charge in [-0.15, -0.1) is 26.3 Å². The molecule has 0 radical (unpaired) electrons. The van der Waals surface area contributed by atoms with Gasteiger partial charge < -0.3 is 39.3 Å². The van der Waals surface area contributed by atoms with Crippen LogP contribution < -0.4 is 29.6 Å². The fourth-order valence-corrected chi connectivity index (χ4v) is 4.56. The molecule has 1 aliphatic rings. The topological polar surface area (TPSA) is 125 Å². The number of halogens is 6. The van der Waals surface area contributed by atoms with Crippen LogP contribution in [0, 0.1) is 0 Å². The molecule has 3 aromatic heterocycles. The van der Waals surface area contributed by atoms with Gasteiger partial charge >= 0.3 is 12.7 Å². The highest BCUT2D eigenvalue weighted by atomic mass is 19.4. The van der Waals surface area contributed by atoms with Crippen molar-refractivity contribution >= 4 is 22.4 Å². The molecule has 1 atom stereocenters. The van der Waals surface area contributed by atoms with E-state index >= 15 is 0 Å². The number of hydrogen-bond acceptors (Lipinski definition) is 10. The largest absolute Gasteiger partial charge is 0.573 e. The number of ether oxygens (including phenoxy) is 5. The van der Waals surface area contributed by atoms with Crippen molar-refractivity contribution in [3.8, 4) is 34.5 Å². The van der Waals surface area contributed by atoms with Gasteiger partial charge in [0.1, 0.15) is 48.1 Å². The van der Waals surface area contributed by atoms with E-state index in [0.717, 1.165) is 0 Å². The van der Waals surface area contributed by atoms with E-state index in [1.165, 1.54) is 48.8 Å². The maximum Gasteiger partial charge on any atom is 0.573 e. The van der Waals surface area contributed by atoms with Crippen LogP contribution in [0.3, 0.4) is 0 Å². The molecule has 1 unspecified atom stereocenters. The van der Waals surface area contributed by atoms with Crippen molar-refractivity contribution in [1.29, 1.82) is 0 Å². The Labute approximate surface area is 261 Å². The number of pyridine rings is 2. The number of hydrogen-bond donors (Lipinski definition) is 3. The zero-order chi connectivity index (χ0) is 33.0. The molecule has 0 spiro atoms. The van der Waals surface area contributed by atoms with Crippen molar-refractivity contribution in [2.45, 2.75) is 18.9 Å². The van der Waals surface area contributed by atoms with Crippen LogP contribution in [-0.2, 0) is 4.74 Å². The smallest absolute Gasteiger partial charge is 0.490 e. The molecule has 5 aromatic rings. The minimum atomic E-state index is -4.79. The summed E-state index contributed by atoms with van der Waals surface area (Å²) in [6.07, 6.45) is -6.99. The SMILES string of the molecule is FC(F)(F)Oc1ccc2c(c1)NC(c1ccc(OCCOCCOc3ccc(-c4nc5ccc(OC(F)(F)F)cc5[nH]4)nc3)cn1)N2. The van der Waals surface area contributed by atoms with Gasteiger partial charge in [-0.05, 0) is 48.5 Å². The molecule has 0 bridgehead atoms. The van der Waals surface area contributed by atoms with Gasteiger partial charge in [-0.25, -0.2) is 9.97 Å². The normalized spacial score (nSPS) is 14.3. The molecule has 0 fully saturated rings. The van der Waals surface area contributed by atoms with Gasteiger partial charge in [0.25, 0.3) is 0 Å². The van der Waals surface area contributed by atoms with E-state index in [2.05, 4.69) is 40.0 Å². The molecule has 0 aliphatic carbocycles. The molecule has 246 valence electrons. The van der Waals surface area contributed by atoms with E-state index in [1.807, 2.05) is 0 Å². The first-order valence-corrected chi connectivity index (χ1v) is 13.9. The second kappa shape index (κ2) is 13.1. The lowest BCUT2D eigenvalue weighted by atomic mass is 10.2. The lowest BCUT2D eigenvalue weighted by molar-refractivity contribution is -0.275. The third-order valence-electron chi connectivity index (χ3n) is 6.54. The summed E-state index contributed by atoms with van der Waals surface area (Å²) in [6, 6.07) is 14.6. The van der Waals surface area contributed by atoms with Gasteiger partial charge in [0, 0.05) is 12.1 Å². The Morgan fingerprint density at radius 2 is 1.26 bits per heavy atom. The molecule has 2 aromatic carbocycles. The number of aromatic amines is 1. The molecule has 1 aliphatic heterocycles. The van der Waals surface area contributed by atoms with Gasteiger partial charge in [-0.2, -0.15) is 0 Å². The third kappa shape index (κ3) is 8.43. The molecule has 17 heteroatoms. The molecule has 47 heavy (non-hydrogen) atoms. The highest BCUT2D eigenvalue weighted by Gasteiger charge is 2.32. The Balaban J connectivity index is 0.889. The molecule has 6 rings (SSSR count). The van der Waals surface area contributed by atoms with Crippen LogP contribution in [0.25, 0.3) is 22.6 Å². The zero-order valence-corrected chi connectivity index (χ0v) is 24.0. The number of alkyl halides is 6. The minimum Gasteiger partial charge on any atom is -0.490 e. The Hall–Kier alpha value is -5.45. The second-order valence-electron chi connectivity index (χ2n) is 9.90. The van der Waals surface area contributed by atoms with Crippen LogP contribution in [0.5, 0.6) is 23.0 Å². The van der Waals surface area contributed by atoms with Crippen LogP contribution in [0.4, 0.5) is 37.7 Å². The molecule has 0 amide bonds. The fraction of sp³-hybridized carbons (Fsp3) is 0.233. The minimum absolute atomic E-state index is 0.248. The first-order chi connectivity index (χ1) is 22.5. The number of fused-ring (bicyclic) bond motifs is 2. The third-order valence-corrected chi connectivity index (χ3v) is 6.54. The zero-order valence-electron chi connectivity index (χ0n) is 24.0. The maximum absolute atomic E-state index is 12.5. The Morgan fingerprint density at radius 3 is 1.89 bits per heavy atom. The summed E-state index contributed by atoms with van der Waals surface area (Å²) in [5, 5.41) is 6.21. The number of benzene rings is 2. The summed E-state index contributed by atoms with van der Waals surface area (Å²) in [7, 11) is 0. The van der Waals surface area contributed by atoms with Crippen LogP contribution in [-0.4, -0.2) is 59.1 Å². The molecular weight excluding hydrogens is 638 g/mol. The van der Waals surface area contributed by atoms with Crippen LogP contribution >= 0.6 is 0 Å². The summed E-state index contributed by atoms with van der Waals surface area (Å²) in [5.74, 6) is 0.690. The summed E-state index contributed by atoms with van der Waals surface area (Å²) >= 11 is 0. The lowest BCUT2D eigenvalue weighted by Gasteiger charge is -2.13. The standard InChI is InChI=1S/C30H24F6N6O5/c31-29(32,33)46-17-1-5-21-25(13-17)41-27(39-21)23-7-3-19(15-37-23)44-11-9-43-10-12-45-20-4-8-24(38-16-20)28-40-22-6-2-18(14-26(22)42-28)47-30(34,35)36/h1-8,13-16,27,39,41H,9-12H2,(H,40,42). The maximum atomic E-state index is 12.5. The number of anilines is 2. The summed E-state index contributed by atoms with van der Waals surface area (Å²) in [6.45, 7) is 1.07. The van der Waals surface area contributed by atoms with E-state index in [-0.39, 0.29) is 37.9 Å². The van der Waals surface area contributed by atoms with Gasteiger partial charge in [0.05, 0.1) is 53.7 Å². The second-order valence-corrected chi connectivity index (χ2v) is 9.90. The van der Waals surface area contributed by atoms with Crippen molar-refractivity contribution in [3.63, 3.8) is 0 Å². The Kier molecular flexibility index (Phi) is 8.80. The number of nitrogens with zero attached hydrogens (tertiary/aromatic N) is 3. The number of nitrogens with one attached hydrogen (secondary N) is 3. The van der Waals surface area contributed by atoms with Gasteiger partial charge in [-0.1, -0.05) is 0 Å². The first-order valence-electron chi connectivity index (χ1n) is 13.9. The Morgan fingerprint density at radius 1 is 0.638 bits per heavy atom. The first kappa shape index (κ1) is 31.5. The van der Waals surface area contributed by atoms with Crippen molar-refractivity contribution in [2.75, 3.05) is 37.1 Å². The summed E-state index contributed by atoms with van der Waals surface area (Å²) in [5.41, 5.74) is 2.97. The number of aromatic nitrogens is 4. The van der Waals surface area contributed by atoms with Crippen LogP contribution in [0.2, 0.25) is 0 Å². The van der Waals surface area contributed by atoms with E-state index in [9.17, 15) is 26.3 Å². The summed E-state index contributed by atoms with van der Waals surface area (Å²) in [4.78, 5) is 15.9. The predicted octanol–water partition coefficient (Wildman–Crippen LogP) is 6.83. The quantitative estimate of drug-likeness (QED) is 0.0968. The Bertz CT molecular complexity index is 1820. The number of rotatable bonds is 12. The van der Waals surface area contributed by atoms with Crippen molar-refractivity contribution < 1.29 is 50.0 Å². The number of H-pyrrole nitrogens is 1. The highest BCUT2D eigenvalue weighted by molar-refractivity contribution is 5.80. The molecule has 4 heterocycles. The summed E-state index contributed by atoms with van der Waals surface area (Å²) < 4.78 is 99.7. The van der Waals surface area contributed by atoms with E-state index in [1.54, 1.807) is 24.3 Å². The van der Waals surface area contributed by atoms with Crippen molar-refractivity contribution in [2.24, 2.45) is 0 Å². The molecular formula is C30H24F6N6O5. The van der Waals surface area contributed by atoms with Gasteiger partial charge in [-0.3, -0.25) is 4.98 Å². The predicted molar refractivity (Wildman–Crippen MR) is 155 cm³/mol. The van der Waals surface area contributed by atoms with Crippen molar-refractivity contribution in [3.05, 3.63) is 78.8 Å². The average Bonchev–Trinajstić information content (AvgIpc) is 3.63. The number of imidazole rings is 1. The average molecular weight is 663 g/mol. The monoisotopic (exact) mass is 662 g/mol. The van der Waals surface area contributed by atoms with E-state index in [0.29, 0.717) is 51.1 Å². The van der Waals surface area contributed by atoms with Crippen LogP contribution in [0.1, 0.15) is 11.9 Å². The van der Waals surface area contributed by atoms with Crippen LogP contribution in [0.15, 0.2) is 73.1 Å². The van der Waals surface area contributed by atoms with Crippen molar-refractivity contribution in [1.82, 2.24) is 19.9 Å². The highest BCUT2D eigenvalue weighted by Crippen LogP contribution is 2.38. The van der Waals surface area contributed by atoms with Gasteiger partial charge in [0.2, 0.25) is 0 Å².